The fourth-order valence-electron chi connectivity index (χ4n) is 3.31. The number of urea groups is 1. The zero-order valence-corrected chi connectivity index (χ0v) is 16.7. The molecule has 0 saturated carbocycles. The van der Waals surface area contributed by atoms with Gasteiger partial charge in [0.15, 0.2) is 11.5 Å². The minimum absolute atomic E-state index is 0.168. The van der Waals surface area contributed by atoms with Crippen LogP contribution < -0.4 is 14.4 Å². The second kappa shape index (κ2) is 6.88. The number of rotatable bonds is 3. The van der Waals surface area contributed by atoms with Crippen molar-refractivity contribution in [3.63, 3.8) is 0 Å². The largest absolute Gasteiger partial charge is 0.486 e. The number of halogens is 1. The SMILES string of the molecule is Cc1ccc(N2C(=O)N(Cc3cc4c(cc3Br)OCCO4)C(=O)C2C)cc1. The van der Waals surface area contributed by atoms with E-state index in [0.717, 1.165) is 21.3 Å². The molecule has 2 heterocycles. The Morgan fingerprint density at radius 1 is 1.07 bits per heavy atom. The molecule has 4 rings (SSSR count). The van der Waals surface area contributed by atoms with Crippen LogP contribution in [0.1, 0.15) is 18.1 Å². The van der Waals surface area contributed by atoms with Gasteiger partial charge in [-0.2, -0.15) is 0 Å². The number of hydrogen-bond acceptors (Lipinski definition) is 4. The summed E-state index contributed by atoms with van der Waals surface area (Å²) < 4.78 is 11.9. The quantitative estimate of drug-likeness (QED) is 0.693. The number of imide groups is 1. The van der Waals surface area contributed by atoms with Crippen molar-refractivity contribution in [2.24, 2.45) is 0 Å². The van der Waals surface area contributed by atoms with Gasteiger partial charge < -0.3 is 9.47 Å². The molecule has 0 bridgehead atoms. The van der Waals surface area contributed by atoms with Crippen LogP contribution >= 0.6 is 15.9 Å². The molecule has 1 fully saturated rings. The first-order valence-electron chi connectivity index (χ1n) is 8.75. The summed E-state index contributed by atoms with van der Waals surface area (Å²) in [6, 6.07) is 10.4. The highest BCUT2D eigenvalue weighted by Gasteiger charge is 2.43. The number of benzene rings is 2. The van der Waals surface area contributed by atoms with Crippen molar-refractivity contribution < 1.29 is 19.1 Å². The second-order valence-corrected chi connectivity index (χ2v) is 7.53. The van der Waals surface area contributed by atoms with E-state index in [1.54, 1.807) is 6.92 Å². The highest BCUT2D eigenvalue weighted by atomic mass is 79.9. The number of ether oxygens (including phenoxy) is 2. The Kier molecular flexibility index (Phi) is 4.55. The van der Waals surface area contributed by atoms with Crippen LogP contribution in [0.4, 0.5) is 10.5 Å². The lowest BCUT2D eigenvalue weighted by molar-refractivity contribution is -0.127. The van der Waals surface area contributed by atoms with Gasteiger partial charge in [-0.3, -0.25) is 14.6 Å². The van der Waals surface area contributed by atoms with E-state index in [0.29, 0.717) is 24.7 Å². The molecule has 0 radical (unpaired) electrons. The Morgan fingerprint density at radius 3 is 2.37 bits per heavy atom. The van der Waals surface area contributed by atoms with Gasteiger partial charge in [-0.25, -0.2) is 4.79 Å². The predicted octanol–water partition coefficient (Wildman–Crippen LogP) is 3.89. The molecule has 1 unspecified atom stereocenters. The summed E-state index contributed by atoms with van der Waals surface area (Å²) in [7, 11) is 0. The number of amides is 3. The summed E-state index contributed by atoms with van der Waals surface area (Å²) >= 11 is 3.51. The summed E-state index contributed by atoms with van der Waals surface area (Å²) in [6.45, 7) is 4.88. The van der Waals surface area contributed by atoms with E-state index in [1.807, 2.05) is 43.3 Å². The van der Waals surface area contributed by atoms with Crippen molar-refractivity contribution in [2.75, 3.05) is 18.1 Å². The zero-order valence-electron chi connectivity index (χ0n) is 15.1. The molecular weight excluding hydrogens is 412 g/mol. The number of fused-ring (bicyclic) bond motifs is 1. The Morgan fingerprint density at radius 2 is 1.70 bits per heavy atom. The topological polar surface area (TPSA) is 59.1 Å². The molecule has 2 aliphatic heterocycles. The smallest absolute Gasteiger partial charge is 0.332 e. The first-order valence-corrected chi connectivity index (χ1v) is 9.54. The molecule has 0 aliphatic carbocycles. The lowest BCUT2D eigenvalue weighted by Crippen LogP contribution is -2.33. The van der Waals surface area contributed by atoms with Crippen LogP contribution in [0.15, 0.2) is 40.9 Å². The van der Waals surface area contributed by atoms with Gasteiger partial charge in [-0.1, -0.05) is 33.6 Å². The fourth-order valence-corrected chi connectivity index (χ4v) is 3.76. The lowest BCUT2D eigenvalue weighted by atomic mass is 10.1. The third-order valence-electron chi connectivity index (χ3n) is 4.80. The highest BCUT2D eigenvalue weighted by Crippen LogP contribution is 2.37. The molecule has 2 aromatic carbocycles. The third-order valence-corrected chi connectivity index (χ3v) is 5.54. The van der Waals surface area contributed by atoms with E-state index in [1.165, 1.54) is 9.80 Å². The van der Waals surface area contributed by atoms with Gasteiger partial charge >= 0.3 is 6.03 Å². The van der Waals surface area contributed by atoms with Crippen LogP contribution in [-0.2, 0) is 11.3 Å². The Hall–Kier alpha value is -2.54. The second-order valence-electron chi connectivity index (χ2n) is 6.68. The third kappa shape index (κ3) is 3.16. The predicted molar refractivity (Wildman–Crippen MR) is 104 cm³/mol. The molecule has 7 heteroatoms. The minimum atomic E-state index is -0.545. The van der Waals surface area contributed by atoms with Crippen LogP contribution in [-0.4, -0.2) is 36.1 Å². The van der Waals surface area contributed by atoms with E-state index in [-0.39, 0.29) is 18.5 Å². The van der Waals surface area contributed by atoms with Crippen LogP contribution in [0.25, 0.3) is 0 Å². The average molecular weight is 431 g/mol. The molecule has 140 valence electrons. The van der Waals surface area contributed by atoms with Crippen molar-refractivity contribution in [2.45, 2.75) is 26.4 Å². The summed E-state index contributed by atoms with van der Waals surface area (Å²) in [5.41, 5.74) is 2.61. The number of nitrogens with zero attached hydrogens (tertiary/aromatic N) is 2. The molecule has 1 saturated heterocycles. The van der Waals surface area contributed by atoms with Crippen LogP contribution in [0.5, 0.6) is 11.5 Å². The maximum Gasteiger partial charge on any atom is 0.332 e. The number of carbonyl (C=O) groups is 2. The minimum Gasteiger partial charge on any atom is -0.486 e. The van der Waals surface area contributed by atoms with Gasteiger partial charge in [0.25, 0.3) is 5.91 Å². The molecule has 0 spiro atoms. The van der Waals surface area contributed by atoms with E-state index in [9.17, 15) is 9.59 Å². The zero-order chi connectivity index (χ0) is 19.1. The number of anilines is 1. The Balaban J connectivity index is 1.62. The van der Waals surface area contributed by atoms with Gasteiger partial charge in [-0.15, -0.1) is 0 Å². The number of aryl methyl sites for hydroxylation is 1. The molecule has 2 aromatic rings. The first kappa shape index (κ1) is 17.9. The van der Waals surface area contributed by atoms with Crippen molar-refractivity contribution >= 4 is 33.6 Å². The maximum absolute atomic E-state index is 13.0. The van der Waals surface area contributed by atoms with Crippen molar-refractivity contribution in [1.29, 1.82) is 0 Å². The lowest BCUT2D eigenvalue weighted by Gasteiger charge is -2.22. The van der Waals surface area contributed by atoms with Gasteiger partial charge in [0.05, 0.1) is 6.54 Å². The summed E-state index contributed by atoms with van der Waals surface area (Å²) in [5, 5.41) is 0. The average Bonchev–Trinajstić information content (AvgIpc) is 2.86. The van der Waals surface area contributed by atoms with Crippen molar-refractivity contribution in [3.05, 3.63) is 52.0 Å². The maximum atomic E-state index is 13.0. The summed E-state index contributed by atoms with van der Waals surface area (Å²) in [5.74, 6) is 1.06. The van der Waals surface area contributed by atoms with Gasteiger partial charge in [-0.05, 0) is 43.7 Å². The van der Waals surface area contributed by atoms with Crippen LogP contribution in [0, 0.1) is 6.92 Å². The van der Waals surface area contributed by atoms with Crippen LogP contribution in [0.3, 0.4) is 0 Å². The van der Waals surface area contributed by atoms with Crippen LogP contribution in [0.2, 0.25) is 0 Å². The van der Waals surface area contributed by atoms with E-state index < -0.39 is 6.04 Å². The molecule has 27 heavy (non-hydrogen) atoms. The van der Waals surface area contributed by atoms with Gasteiger partial charge in [0.1, 0.15) is 19.3 Å². The van der Waals surface area contributed by atoms with E-state index in [4.69, 9.17) is 9.47 Å². The Bertz CT molecular complexity index is 913. The standard InChI is InChI=1S/C20H19BrN2O4/c1-12-3-5-15(6-4-12)23-13(2)19(24)22(20(23)25)11-14-9-17-18(10-16(14)21)27-8-7-26-17/h3-6,9-10,13H,7-8,11H2,1-2H3. The highest BCUT2D eigenvalue weighted by molar-refractivity contribution is 9.10. The van der Waals surface area contributed by atoms with E-state index in [2.05, 4.69) is 15.9 Å². The first-order chi connectivity index (χ1) is 13.0. The number of carbonyl (C=O) groups excluding carboxylic acids is 2. The van der Waals surface area contributed by atoms with E-state index >= 15 is 0 Å². The molecule has 1 atom stereocenters. The summed E-state index contributed by atoms with van der Waals surface area (Å²) in [6.07, 6.45) is 0. The molecule has 6 nitrogen and oxygen atoms in total. The van der Waals surface area contributed by atoms with Crippen molar-refractivity contribution in [3.8, 4) is 11.5 Å². The summed E-state index contributed by atoms with van der Waals surface area (Å²) in [4.78, 5) is 28.6. The fraction of sp³-hybridized carbons (Fsp3) is 0.300. The molecule has 0 N–H and O–H groups in total. The normalized spacial score (nSPS) is 19.0. The van der Waals surface area contributed by atoms with Gasteiger partial charge in [0, 0.05) is 10.2 Å². The number of hydrogen-bond donors (Lipinski definition) is 0. The van der Waals surface area contributed by atoms with Crippen molar-refractivity contribution in [1.82, 2.24) is 4.90 Å². The molecular formula is C20H19BrN2O4. The molecule has 3 amide bonds. The Labute approximate surface area is 165 Å². The molecule has 0 aromatic heterocycles. The van der Waals surface area contributed by atoms with Gasteiger partial charge in [0.2, 0.25) is 0 Å². The monoisotopic (exact) mass is 430 g/mol. The molecule has 2 aliphatic rings.